The van der Waals surface area contributed by atoms with Gasteiger partial charge in [-0.15, -0.1) is 0 Å². The maximum atomic E-state index is 14.0. The van der Waals surface area contributed by atoms with Crippen molar-refractivity contribution in [3.05, 3.63) is 64.1 Å². The van der Waals surface area contributed by atoms with E-state index in [1.807, 2.05) is 47.6 Å². The van der Waals surface area contributed by atoms with Gasteiger partial charge in [-0.2, -0.15) is 0 Å². The lowest BCUT2D eigenvalue weighted by Gasteiger charge is -2.16. The third kappa shape index (κ3) is 11.1. The number of anilines is 2. The van der Waals surface area contributed by atoms with E-state index in [1.54, 1.807) is 24.3 Å². The van der Waals surface area contributed by atoms with E-state index in [9.17, 15) is 14.4 Å². The lowest BCUT2D eigenvalue weighted by molar-refractivity contribution is -0.120. The molecule has 2 heterocycles. The van der Waals surface area contributed by atoms with Gasteiger partial charge >= 0.3 is 0 Å². The first-order valence-electron chi connectivity index (χ1n) is 18.3. The van der Waals surface area contributed by atoms with Gasteiger partial charge in [-0.3, -0.25) is 14.4 Å². The third-order valence-corrected chi connectivity index (χ3v) is 9.18. The Morgan fingerprint density at radius 3 is 1.68 bits per heavy atom. The van der Waals surface area contributed by atoms with Crippen LogP contribution in [0.4, 0.5) is 11.4 Å². The largest absolute Gasteiger partial charge is 0.466 e. The quantitative estimate of drug-likeness (QED) is 0.0883. The Labute approximate surface area is 284 Å². The molecule has 47 heavy (non-hydrogen) atoms. The summed E-state index contributed by atoms with van der Waals surface area (Å²) >= 11 is 0. The molecule has 3 rings (SSSR count). The van der Waals surface area contributed by atoms with Gasteiger partial charge in [0.1, 0.15) is 11.5 Å². The molecule has 6 nitrogen and oxygen atoms in total. The molecule has 0 spiro atoms. The van der Waals surface area contributed by atoms with Gasteiger partial charge in [-0.05, 0) is 75.9 Å². The smallest absolute Gasteiger partial charge is 0.266 e. The van der Waals surface area contributed by atoms with Crippen LogP contribution in [0.5, 0.6) is 0 Å². The van der Waals surface area contributed by atoms with E-state index in [4.69, 9.17) is 4.42 Å². The van der Waals surface area contributed by atoms with Crippen molar-refractivity contribution < 1.29 is 18.8 Å². The Balaban J connectivity index is 1.46. The fourth-order valence-electron chi connectivity index (χ4n) is 6.68. The Kier molecular flexibility index (Phi) is 15.7. The van der Waals surface area contributed by atoms with Gasteiger partial charge in [-0.1, -0.05) is 116 Å². The van der Waals surface area contributed by atoms with Gasteiger partial charge < -0.3 is 9.73 Å². The summed E-state index contributed by atoms with van der Waals surface area (Å²) in [7, 11) is 0. The van der Waals surface area contributed by atoms with E-state index in [1.165, 1.54) is 88.4 Å². The highest BCUT2D eigenvalue weighted by Gasteiger charge is 2.43. The Morgan fingerprint density at radius 1 is 0.745 bits per heavy atom. The number of imide groups is 1. The number of nitrogens with one attached hydrogen (secondary N) is 1. The van der Waals surface area contributed by atoms with Gasteiger partial charge in [-0.25, -0.2) is 4.90 Å². The second-order valence-electron chi connectivity index (χ2n) is 13.9. The van der Waals surface area contributed by atoms with Crippen molar-refractivity contribution >= 4 is 34.7 Å². The molecule has 2 aromatic rings. The van der Waals surface area contributed by atoms with Crippen molar-refractivity contribution in [3.63, 3.8) is 0 Å². The highest BCUT2D eigenvalue weighted by atomic mass is 16.3. The number of unbranched alkanes of at least 4 members (excludes halogenated alkanes) is 14. The van der Waals surface area contributed by atoms with Crippen molar-refractivity contribution in [2.45, 2.75) is 151 Å². The molecule has 0 radical (unpaired) electrons. The van der Waals surface area contributed by atoms with E-state index >= 15 is 0 Å². The molecule has 1 fully saturated rings. The first-order chi connectivity index (χ1) is 22.6. The summed E-state index contributed by atoms with van der Waals surface area (Å²) in [6, 6.07) is 8.92. The van der Waals surface area contributed by atoms with Crippen molar-refractivity contribution in [1.82, 2.24) is 0 Å². The highest BCUT2D eigenvalue weighted by molar-refractivity contribution is 6.39. The van der Waals surface area contributed by atoms with Crippen LogP contribution in [0.3, 0.4) is 0 Å². The van der Waals surface area contributed by atoms with E-state index in [0.717, 1.165) is 41.1 Å². The molecule has 0 bridgehead atoms. The standard InChI is InChI=1S/C41H60N2O4/c1-8-9-10-11-12-13-14-15-16-17-18-19-20-21-22-23-36(44)42-33-24-26-34(27-25-33)43-40(45)38(30(4)5)39(41(43)46)37(29(2)3)35-28-31(6)47-32(35)7/h24-29H,8-23H2,1-7H3,(H,42,44)/b39-37+. The predicted octanol–water partition coefficient (Wildman–Crippen LogP) is 11.4. The normalized spacial score (nSPS) is 14.5. The van der Waals surface area contributed by atoms with Crippen molar-refractivity contribution in [2.24, 2.45) is 5.92 Å². The van der Waals surface area contributed by atoms with Crippen LogP contribution in [0, 0.1) is 19.8 Å². The molecular weight excluding hydrogens is 584 g/mol. The Morgan fingerprint density at radius 2 is 1.23 bits per heavy atom. The zero-order valence-corrected chi connectivity index (χ0v) is 30.4. The van der Waals surface area contributed by atoms with Gasteiger partial charge in [0.05, 0.1) is 16.8 Å². The molecule has 0 aliphatic carbocycles. The number of carbonyl (C=O) groups is 3. The van der Waals surface area contributed by atoms with Crippen molar-refractivity contribution in [1.29, 1.82) is 0 Å². The van der Waals surface area contributed by atoms with Crippen LogP contribution in [0.15, 0.2) is 51.5 Å². The third-order valence-electron chi connectivity index (χ3n) is 9.18. The monoisotopic (exact) mass is 644 g/mol. The second-order valence-corrected chi connectivity index (χ2v) is 13.9. The number of hydrogen-bond donors (Lipinski definition) is 1. The summed E-state index contributed by atoms with van der Waals surface area (Å²) in [6.45, 7) is 13.8. The van der Waals surface area contributed by atoms with Gasteiger partial charge in [0.15, 0.2) is 0 Å². The summed E-state index contributed by atoms with van der Waals surface area (Å²) in [5.41, 5.74) is 4.49. The summed E-state index contributed by atoms with van der Waals surface area (Å²) in [5, 5.41) is 2.97. The molecule has 1 saturated heterocycles. The molecule has 1 aromatic heterocycles. The lowest BCUT2D eigenvalue weighted by atomic mass is 9.87. The fraction of sp³-hybridized carbons (Fsp3) is 0.585. The molecule has 1 aliphatic rings. The zero-order valence-electron chi connectivity index (χ0n) is 30.4. The molecule has 6 heteroatoms. The molecule has 1 aromatic carbocycles. The minimum absolute atomic E-state index is 0.00567. The first-order valence-corrected chi connectivity index (χ1v) is 18.3. The molecule has 3 amide bonds. The zero-order chi connectivity index (χ0) is 34.3. The number of carbonyl (C=O) groups excluding carboxylic acids is 3. The molecule has 0 atom stereocenters. The maximum Gasteiger partial charge on any atom is 0.266 e. The minimum atomic E-state index is -0.335. The van der Waals surface area contributed by atoms with E-state index in [2.05, 4.69) is 12.2 Å². The number of benzene rings is 1. The summed E-state index contributed by atoms with van der Waals surface area (Å²) in [4.78, 5) is 41.5. The molecule has 1 N–H and O–H groups in total. The van der Waals surface area contributed by atoms with E-state index < -0.39 is 0 Å². The van der Waals surface area contributed by atoms with Gasteiger partial charge in [0.25, 0.3) is 11.8 Å². The average molecular weight is 645 g/mol. The van der Waals surface area contributed by atoms with Crippen LogP contribution in [-0.2, 0) is 14.4 Å². The van der Waals surface area contributed by atoms with Crippen LogP contribution in [0.2, 0.25) is 0 Å². The number of hydrogen-bond acceptors (Lipinski definition) is 4. The molecular formula is C41H60N2O4. The fourth-order valence-corrected chi connectivity index (χ4v) is 6.68. The molecule has 1 aliphatic heterocycles. The topological polar surface area (TPSA) is 79.6 Å². The number of allylic oxidation sites excluding steroid dienone is 2. The van der Waals surface area contributed by atoms with E-state index in [0.29, 0.717) is 28.9 Å². The highest BCUT2D eigenvalue weighted by Crippen LogP contribution is 2.41. The number of aryl methyl sites for hydroxylation is 2. The minimum Gasteiger partial charge on any atom is -0.466 e. The first kappa shape index (κ1) is 38.0. The Hall–Kier alpha value is -3.41. The summed E-state index contributed by atoms with van der Waals surface area (Å²) in [6.07, 6.45) is 19.9. The predicted molar refractivity (Wildman–Crippen MR) is 195 cm³/mol. The number of furan rings is 1. The summed E-state index contributed by atoms with van der Waals surface area (Å²) < 4.78 is 5.80. The van der Waals surface area contributed by atoms with Crippen LogP contribution in [-0.4, -0.2) is 17.7 Å². The lowest BCUT2D eigenvalue weighted by Crippen LogP contribution is -2.29. The molecule has 0 unspecified atom stereocenters. The maximum absolute atomic E-state index is 14.0. The van der Waals surface area contributed by atoms with Crippen LogP contribution >= 0.6 is 0 Å². The second kappa shape index (κ2) is 19.4. The van der Waals surface area contributed by atoms with Crippen LogP contribution < -0.4 is 10.2 Å². The van der Waals surface area contributed by atoms with E-state index in [-0.39, 0.29) is 23.6 Å². The van der Waals surface area contributed by atoms with Crippen LogP contribution in [0.25, 0.3) is 5.57 Å². The van der Waals surface area contributed by atoms with Gasteiger partial charge in [0, 0.05) is 17.7 Å². The summed E-state index contributed by atoms with van der Waals surface area (Å²) in [5.74, 6) is 0.818. The Bertz CT molecular complexity index is 1390. The number of rotatable bonds is 20. The molecule has 0 saturated carbocycles. The van der Waals surface area contributed by atoms with Gasteiger partial charge in [0.2, 0.25) is 5.91 Å². The van der Waals surface area contributed by atoms with Crippen LogP contribution in [0.1, 0.15) is 154 Å². The average Bonchev–Trinajstić information content (AvgIpc) is 3.48. The molecule has 258 valence electrons. The SMILES string of the molecule is CCCCCCCCCCCCCCCCCC(=O)Nc1ccc(N2C(=O)C(=C(C)C)/C(=C(\c3cc(C)oc3C)C(C)C)C2=O)cc1. The number of amides is 3. The van der Waals surface area contributed by atoms with Crippen molar-refractivity contribution in [3.8, 4) is 0 Å². The number of nitrogens with zero attached hydrogens (tertiary/aromatic N) is 1. The van der Waals surface area contributed by atoms with Crippen molar-refractivity contribution in [2.75, 3.05) is 10.2 Å².